The van der Waals surface area contributed by atoms with Gasteiger partial charge >= 0.3 is 0 Å². The number of nitrogens with one attached hydrogen (secondary N) is 1. The van der Waals surface area contributed by atoms with E-state index in [1.165, 1.54) is 41.9 Å². The predicted octanol–water partition coefficient (Wildman–Crippen LogP) is 5.62. The first kappa shape index (κ1) is 16.7. The predicted molar refractivity (Wildman–Crippen MR) is 88.1 cm³/mol. The summed E-state index contributed by atoms with van der Waals surface area (Å²) in [6.45, 7) is 12.5. The fraction of sp³-hybridized carbons (Fsp3) is 0.765. The lowest BCUT2D eigenvalue weighted by atomic mass is 9.87. The summed E-state index contributed by atoms with van der Waals surface area (Å²) in [5.74, 6) is 0.777. The van der Waals surface area contributed by atoms with E-state index < -0.39 is 0 Å². The van der Waals surface area contributed by atoms with Crippen LogP contribution in [0.25, 0.3) is 0 Å². The van der Waals surface area contributed by atoms with Crippen molar-refractivity contribution in [3.05, 3.63) is 21.4 Å². The Hall–Kier alpha value is -0.340. The summed E-state index contributed by atoms with van der Waals surface area (Å²) in [6, 6.07) is 2.96. The number of rotatable bonds is 9. The minimum absolute atomic E-state index is 0.557. The second kappa shape index (κ2) is 8.76. The van der Waals surface area contributed by atoms with Gasteiger partial charge in [0.15, 0.2) is 0 Å². The normalized spacial score (nSPS) is 14.6. The molecule has 0 aromatic carbocycles. The molecule has 2 unspecified atom stereocenters. The van der Waals surface area contributed by atoms with E-state index in [9.17, 15) is 0 Å². The first-order valence-corrected chi connectivity index (χ1v) is 8.75. The smallest absolute Gasteiger partial charge is 0.0359 e. The van der Waals surface area contributed by atoms with E-state index >= 15 is 0 Å². The van der Waals surface area contributed by atoms with Crippen LogP contribution in [0.3, 0.4) is 0 Å². The van der Waals surface area contributed by atoms with Crippen molar-refractivity contribution in [2.45, 2.75) is 72.8 Å². The van der Waals surface area contributed by atoms with Gasteiger partial charge in [-0.15, -0.1) is 11.3 Å². The summed E-state index contributed by atoms with van der Waals surface area (Å²) in [5, 5.41) is 3.81. The van der Waals surface area contributed by atoms with Gasteiger partial charge in [-0.05, 0) is 50.8 Å². The number of unbranched alkanes of at least 4 members (excludes halogenated alkanes) is 1. The fourth-order valence-electron chi connectivity index (χ4n) is 2.86. The van der Waals surface area contributed by atoms with Crippen LogP contribution in [0.5, 0.6) is 0 Å². The molecule has 1 aromatic rings. The van der Waals surface area contributed by atoms with Gasteiger partial charge in [-0.25, -0.2) is 0 Å². The lowest BCUT2D eigenvalue weighted by Crippen LogP contribution is -2.29. The molecule has 0 aliphatic heterocycles. The Kier molecular flexibility index (Phi) is 7.70. The SMILES string of the molecule is CCCCC(CC)C(NCCC)c1cc(C)sc1C. The van der Waals surface area contributed by atoms with Crippen molar-refractivity contribution in [1.29, 1.82) is 0 Å². The van der Waals surface area contributed by atoms with Crippen LogP contribution in [0.4, 0.5) is 0 Å². The monoisotopic (exact) mass is 281 g/mol. The summed E-state index contributed by atoms with van der Waals surface area (Å²) < 4.78 is 0. The first-order chi connectivity index (χ1) is 9.13. The molecule has 0 fully saturated rings. The minimum Gasteiger partial charge on any atom is -0.310 e. The third-order valence-corrected chi connectivity index (χ3v) is 4.93. The maximum Gasteiger partial charge on any atom is 0.0359 e. The highest BCUT2D eigenvalue weighted by Gasteiger charge is 2.23. The maximum atomic E-state index is 3.81. The van der Waals surface area contributed by atoms with Crippen molar-refractivity contribution < 1.29 is 0 Å². The average Bonchev–Trinajstić information content (AvgIpc) is 2.72. The molecule has 2 heteroatoms. The summed E-state index contributed by atoms with van der Waals surface area (Å²) in [4.78, 5) is 2.95. The lowest BCUT2D eigenvalue weighted by Gasteiger charge is -2.28. The van der Waals surface area contributed by atoms with Gasteiger partial charge in [-0.1, -0.05) is 40.0 Å². The summed E-state index contributed by atoms with van der Waals surface area (Å²) in [6.07, 6.45) is 6.49. The third kappa shape index (κ3) is 4.92. The van der Waals surface area contributed by atoms with Crippen LogP contribution in [0, 0.1) is 19.8 Å². The molecule has 0 saturated heterocycles. The molecule has 0 saturated carbocycles. The van der Waals surface area contributed by atoms with E-state index in [1.807, 2.05) is 11.3 Å². The Morgan fingerprint density at radius 2 is 1.89 bits per heavy atom. The van der Waals surface area contributed by atoms with E-state index in [0.29, 0.717) is 6.04 Å². The van der Waals surface area contributed by atoms with Crippen LogP contribution in [0.1, 0.15) is 74.2 Å². The van der Waals surface area contributed by atoms with E-state index in [2.05, 4.69) is 46.0 Å². The summed E-state index contributed by atoms with van der Waals surface area (Å²) in [7, 11) is 0. The zero-order valence-corrected chi connectivity index (χ0v) is 14.2. The quantitative estimate of drug-likeness (QED) is 0.619. The molecule has 1 N–H and O–H groups in total. The number of thiophene rings is 1. The zero-order valence-electron chi connectivity index (χ0n) is 13.4. The van der Waals surface area contributed by atoms with Crippen molar-refractivity contribution >= 4 is 11.3 Å². The van der Waals surface area contributed by atoms with E-state index in [1.54, 1.807) is 5.56 Å². The molecule has 1 rings (SSSR count). The Balaban J connectivity index is 2.88. The van der Waals surface area contributed by atoms with Crippen molar-refractivity contribution in [1.82, 2.24) is 5.32 Å². The Labute approximate surface area is 123 Å². The highest BCUT2D eigenvalue weighted by atomic mass is 32.1. The second-order valence-corrected chi connectivity index (χ2v) is 7.07. The molecule has 0 amide bonds. The topological polar surface area (TPSA) is 12.0 Å². The maximum absolute atomic E-state index is 3.81. The van der Waals surface area contributed by atoms with E-state index in [-0.39, 0.29) is 0 Å². The highest BCUT2D eigenvalue weighted by Crippen LogP contribution is 2.34. The van der Waals surface area contributed by atoms with Crippen molar-refractivity contribution in [2.75, 3.05) is 6.54 Å². The molecular weight excluding hydrogens is 250 g/mol. The highest BCUT2D eigenvalue weighted by molar-refractivity contribution is 7.12. The molecule has 0 aliphatic carbocycles. The molecule has 1 aromatic heterocycles. The lowest BCUT2D eigenvalue weighted by molar-refractivity contribution is 0.323. The number of aryl methyl sites for hydroxylation is 2. The summed E-state index contributed by atoms with van der Waals surface area (Å²) >= 11 is 1.94. The van der Waals surface area contributed by atoms with Gasteiger partial charge in [0, 0.05) is 15.8 Å². The third-order valence-electron chi connectivity index (χ3n) is 3.95. The van der Waals surface area contributed by atoms with Crippen LogP contribution in [0.2, 0.25) is 0 Å². The Bertz CT molecular complexity index is 356. The second-order valence-electron chi connectivity index (χ2n) is 5.61. The summed E-state index contributed by atoms with van der Waals surface area (Å²) in [5.41, 5.74) is 1.55. The standard InChI is InChI=1S/C17H31NS/c1-6-9-10-15(8-3)17(18-11-7-2)16-12-13(4)19-14(16)5/h12,15,17-18H,6-11H2,1-5H3. The van der Waals surface area contributed by atoms with Gasteiger partial charge in [0.2, 0.25) is 0 Å². The van der Waals surface area contributed by atoms with Crippen molar-refractivity contribution in [3.63, 3.8) is 0 Å². The van der Waals surface area contributed by atoms with Crippen molar-refractivity contribution in [2.24, 2.45) is 5.92 Å². The Morgan fingerprint density at radius 3 is 2.37 bits per heavy atom. The number of hydrogen-bond donors (Lipinski definition) is 1. The molecule has 0 aliphatic rings. The van der Waals surface area contributed by atoms with Crippen LogP contribution >= 0.6 is 11.3 Å². The fourth-order valence-corrected chi connectivity index (χ4v) is 3.84. The molecule has 2 atom stereocenters. The zero-order chi connectivity index (χ0) is 14.3. The minimum atomic E-state index is 0.557. The first-order valence-electron chi connectivity index (χ1n) is 7.94. The molecule has 0 radical (unpaired) electrons. The molecule has 19 heavy (non-hydrogen) atoms. The molecule has 0 spiro atoms. The van der Waals surface area contributed by atoms with Crippen LogP contribution in [0.15, 0.2) is 6.07 Å². The van der Waals surface area contributed by atoms with Crippen LogP contribution in [-0.2, 0) is 0 Å². The largest absolute Gasteiger partial charge is 0.310 e. The molecule has 1 nitrogen and oxygen atoms in total. The average molecular weight is 282 g/mol. The Morgan fingerprint density at radius 1 is 1.16 bits per heavy atom. The number of hydrogen-bond acceptors (Lipinski definition) is 2. The van der Waals surface area contributed by atoms with Crippen LogP contribution < -0.4 is 5.32 Å². The van der Waals surface area contributed by atoms with E-state index in [4.69, 9.17) is 0 Å². The van der Waals surface area contributed by atoms with Gasteiger partial charge in [0.1, 0.15) is 0 Å². The van der Waals surface area contributed by atoms with Gasteiger partial charge in [0.05, 0.1) is 0 Å². The van der Waals surface area contributed by atoms with Crippen molar-refractivity contribution in [3.8, 4) is 0 Å². The van der Waals surface area contributed by atoms with Gasteiger partial charge < -0.3 is 5.32 Å². The van der Waals surface area contributed by atoms with Gasteiger partial charge in [-0.3, -0.25) is 0 Å². The van der Waals surface area contributed by atoms with Gasteiger partial charge in [0.25, 0.3) is 0 Å². The molecular formula is C17H31NS. The molecule has 110 valence electrons. The van der Waals surface area contributed by atoms with Crippen LogP contribution in [-0.4, -0.2) is 6.54 Å². The van der Waals surface area contributed by atoms with E-state index in [0.717, 1.165) is 12.5 Å². The van der Waals surface area contributed by atoms with Gasteiger partial charge in [-0.2, -0.15) is 0 Å². The molecule has 1 heterocycles. The molecule has 0 bridgehead atoms.